The predicted octanol–water partition coefficient (Wildman–Crippen LogP) is 3.71. The second kappa shape index (κ2) is 4.33. The van der Waals surface area contributed by atoms with E-state index in [0.717, 1.165) is 17.9 Å². The van der Waals surface area contributed by atoms with Gasteiger partial charge in [-0.2, -0.15) is 0 Å². The predicted molar refractivity (Wildman–Crippen MR) is 72.4 cm³/mol. The Hall–Kier alpha value is -2.03. The van der Waals surface area contributed by atoms with Crippen LogP contribution in [0.1, 0.15) is 17.2 Å². The Morgan fingerprint density at radius 3 is 2.67 bits per heavy atom. The van der Waals surface area contributed by atoms with E-state index in [1.165, 1.54) is 5.56 Å². The van der Waals surface area contributed by atoms with E-state index in [9.17, 15) is 4.39 Å². The van der Waals surface area contributed by atoms with Gasteiger partial charge in [-0.05, 0) is 30.2 Å². The summed E-state index contributed by atoms with van der Waals surface area (Å²) in [7, 11) is 0. The van der Waals surface area contributed by atoms with E-state index in [1.807, 2.05) is 24.3 Å². The molecule has 3 heteroatoms. The standard InChI is InChI=1S/C15H15FN2/c1-10-7-14-13(8-12(10)16)17-9-15(18-14)11-5-3-2-4-6-11/h2-8,15,17-18H,9H2,1H3. The molecule has 0 aliphatic carbocycles. The van der Waals surface area contributed by atoms with Crippen LogP contribution in [-0.2, 0) is 0 Å². The Bertz CT molecular complexity index is 566. The van der Waals surface area contributed by atoms with Gasteiger partial charge in [-0.3, -0.25) is 0 Å². The molecule has 0 aromatic heterocycles. The largest absolute Gasteiger partial charge is 0.381 e. The Morgan fingerprint density at radius 1 is 1.11 bits per heavy atom. The van der Waals surface area contributed by atoms with Gasteiger partial charge in [0.15, 0.2) is 0 Å². The topological polar surface area (TPSA) is 24.1 Å². The summed E-state index contributed by atoms with van der Waals surface area (Å²) in [6.07, 6.45) is 0. The van der Waals surface area contributed by atoms with Crippen LogP contribution in [-0.4, -0.2) is 6.54 Å². The van der Waals surface area contributed by atoms with Crippen molar-refractivity contribution in [2.45, 2.75) is 13.0 Å². The fraction of sp³-hybridized carbons (Fsp3) is 0.200. The van der Waals surface area contributed by atoms with E-state index in [0.29, 0.717) is 5.56 Å². The van der Waals surface area contributed by atoms with Gasteiger partial charge in [-0.1, -0.05) is 30.3 Å². The lowest BCUT2D eigenvalue weighted by atomic mass is 10.0. The van der Waals surface area contributed by atoms with Crippen molar-refractivity contribution in [2.75, 3.05) is 17.2 Å². The van der Waals surface area contributed by atoms with E-state index < -0.39 is 0 Å². The molecule has 0 saturated carbocycles. The average Bonchev–Trinajstić information content (AvgIpc) is 2.41. The van der Waals surface area contributed by atoms with Crippen molar-refractivity contribution in [2.24, 2.45) is 0 Å². The molecule has 2 nitrogen and oxygen atoms in total. The van der Waals surface area contributed by atoms with Crippen LogP contribution in [0, 0.1) is 12.7 Å². The van der Waals surface area contributed by atoms with Gasteiger partial charge in [0, 0.05) is 6.54 Å². The van der Waals surface area contributed by atoms with Crippen LogP contribution in [0.5, 0.6) is 0 Å². The van der Waals surface area contributed by atoms with E-state index in [4.69, 9.17) is 0 Å². The highest BCUT2D eigenvalue weighted by Gasteiger charge is 2.19. The van der Waals surface area contributed by atoms with Gasteiger partial charge >= 0.3 is 0 Å². The summed E-state index contributed by atoms with van der Waals surface area (Å²) in [5, 5.41) is 6.73. The molecule has 0 saturated heterocycles. The molecule has 2 aromatic carbocycles. The zero-order valence-corrected chi connectivity index (χ0v) is 10.2. The SMILES string of the molecule is Cc1cc2c(cc1F)NCC(c1ccccc1)N2. The first-order valence-electron chi connectivity index (χ1n) is 6.09. The third-order valence-corrected chi connectivity index (χ3v) is 3.33. The third kappa shape index (κ3) is 1.92. The summed E-state index contributed by atoms with van der Waals surface area (Å²) in [6.45, 7) is 2.54. The summed E-state index contributed by atoms with van der Waals surface area (Å²) in [5.74, 6) is -0.166. The van der Waals surface area contributed by atoms with E-state index >= 15 is 0 Å². The molecule has 18 heavy (non-hydrogen) atoms. The van der Waals surface area contributed by atoms with Gasteiger partial charge in [0.05, 0.1) is 17.4 Å². The number of aryl methyl sites for hydroxylation is 1. The fourth-order valence-electron chi connectivity index (χ4n) is 2.28. The molecule has 0 fully saturated rings. The van der Waals surface area contributed by atoms with Crippen molar-refractivity contribution in [3.63, 3.8) is 0 Å². The minimum absolute atomic E-state index is 0.166. The van der Waals surface area contributed by atoms with Crippen molar-refractivity contribution < 1.29 is 4.39 Å². The molecular weight excluding hydrogens is 227 g/mol. The molecule has 1 aliphatic rings. The number of rotatable bonds is 1. The first-order valence-corrected chi connectivity index (χ1v) is 6.09. The highest BCUT2D eigenvalue weighted by atomic mass is 19.1. The molecule has 1 heterocycles. The van der Waals surface area contributed by atoms with E-state index in [-0.39, 0.29) is 11.9 Å². The second-order valence-electron chi connectivity index (χ2n) is 4.64. The Labute approximate surface area is 106 Å². The van der Waals surface area contributed by atoms with Gasteiger partial charge in [0.1, 0.15) is 5.82 Å². The molecule has 0 bridgehead atoms. The monoisotopic (exact) mass is 242 g/mol. The second-order valence-corrected chi connectivity index (χ2v) is 4.64. The molecule has 2 N–H and O–H groups in total. The zero-order chi connectivity index (χ0) is 12.5. The quantitative estimate of drug-likeness (QED) is 0.796. The summed E-state index contributed by atoms with van der Waals surface area (Å²) < 4.78 is 13.5. The molecular formula is C15H15FN2. The van der Waals surface area contributed by atoms with Crippen LogP contribution in [0.3, 0.4) is 0 Å². The third-order valence-electron chi connectivity index (χ3n) is 3.33. The first kappa shape index (κ1) is 11.1. The molecule has 2 aromatic rings. The number of halogens is 1. The summed E-state index contributed by atoms with van der Waals surface area (Å²) in [6, 6.07) is 13.9. The highest BCUT2D eigenvalue weighted by Crippen LogP contribution is 2.33. The van der Waals surface area contributed by atoms with Gasteiger partial charge in [-0.15, -0.1) is 0 Å². The maximum absolute atomic E-state index is 13.5. The molecule has 0 radical (unpaired) electrons. The lowest BCUT2D eigenvalue weighted by Crippen LogP contribution is -2.26. The number of nitrogens with one attached hydrogen (secondary N) is 2. The maximum atomic E-state index is 13.5. The summed E-state index contributed by atoms with van der Waals surface area (Å²) >= 11 is 0. The number of fused-ring (bicyclic) bond motifs is 1. The van der Waals surface area contributed by atoms with Gasteiger partial charge in [0.2, 0.25) is 0 Å². The molecule has 0 spiro atoms. The van der Waals surface area contributed by atoms with Crippen LogP contribution in [0.4, 0.5) is 15.8 Å². The molecule has 0 amide bonds. The van der Waals surface area contributed by atoms with Crippen molar-refractivity contribution >= 4 is 11.4 Å². The number of hydrogen-bond donors (Lipinski definition) is 2. The Kier molecular flexibility index (Phi) is 2.67. The molecule has 92 valence electrons. The number of hydrogen-bond acceptors (Lipinski definition) is 2. The molecule has 1 aliphatic heterocycles. The van der Waals surface area contributed by atoms with Crippen molar-refractivity contribution in [1.82, 2.24) is 0 Å². The van der Waals surface area contributed by atoms with Crippen LogP contribution in [0.25, 0.3) is 0 Å². The van der Waals surface area contributed by atoms with Crippen LogP contribution in [0.15, 0.2) is 42.5 Å². The Balaban J connectivity index is 1.92. The minimum Gasteiger partial charge on any atom is -0.381 e. The molecule has 1 unspecified atom stereocenters. The number of benzene rings is 2. The molecule has 3 rings (SSSR count). The van der Waals surface area contributed by atoms with Crippen LogP contribution < -0.4 is 10.6 Å². The highest BCUT2D eigenvalue weighted by molar-refractivity contribution is 5.72. The smallest absolute Gasteiger partial charge is 0.128 e. The lowest BCUT2D eigenvalue weighted by Gasteiger charge is -2.29. The maximum Gasteiger partial charge on any atom is 0.128 e. The van der Waals surface area contributed by atoms with Gasteiger partial charge in [0.25, 0.3) is 0 Å². The van der Waals surface area contributed by atoms with Crippen molar-refractivity contribution in [3.8, 4) is 0 Å². The molecule has 1 atom stereocenters. The lowest BCUT2D eigenvalue weighted by molar-refractivity contribution is 0.618. The van der Waals surface area contributed by atoms with E-state index in [2.05, 4.69) is 22.8 Å². The van der Waals surface area contributed by atoms with E-state index in [1.54, 1.807) is 13.0 Å². The first-order chi connectivity index (χ1) is 8.74. The summed E-state index contributed by atoms with van der Waals surface area (Å²) in [5.41, 5.74) is 3.70. The van der Waals surface area contributed by atoms with Crippen molar-refractivity contribution in [3.05, 3.63) is 59.4 Å². The van der Waals surface area contributed by atoms with Gasteiger partial charge in [-0.25, -0.2) is 4.39 Å². The summed E-state index contributed by atoms with van der Waals surface area (Å²) in [4.78, 5) is 0. The average molecular weight is 242 g/mol. The fourth-order valence-corrected chi connectivity index (χ4v) is 2.28. The van der Waals surface area contributed by atoms with Crippen molar-refractivity contribution in [1.29, 1.82) is 0 Å². The number of anilines is 2. The van der Waals surface area contributed by atoms with Gasteiger partial charge < -0.3 is 10.6 Å². The Morgan fingerprint density at radius 2 is 1.89 bits per heavy atom. The normalized spacial score (nSPS) is 17.6. The zero-order valence-electron chi connectivity index (χ0n) is 10.2. The minimum atomic E-state index is -0.166. The van der Waals surface area contributed by atoms with Crippen LogP contribution in [0.2, 0.25) is 0 Å². The van der Waals surface area contributed by atoms with Crippen LogP contribution >= 0.6 is 0 Å².